The number of nitrogens with zero attached hydrogens (tertiary/aromatic N) is 1. The van der Waals surface area contributed by atoms with Gasteiger partial charge in [-0.05, 0) is 12.1 Å². The summed E-state index contributed by atoms with van der Waals surface area (Å²) in [4.78, 5) is 10.3. The van der Waals surface area contributed by atoms with Crippen LogP contribution < -0.4 is 5.73 Å². The summed E-state index contributed by atoms with van der Waals surface area (Å²) in [7, 11) is 0. The number of hydrogen-bond donors (Lipinski definition) is 1. The van der Waals surface area contributed by atoms with Gasteiger partial charge in [0.25, 0.3) is 5.69 Å². The molecular weight excluding hydrogens is 240 g/mol. The molecule has 0 amide bonds. The second-order valence-electron chi connectivity index (χ2n) is 3.34. The van der Waals surface area contributed by atoms with Crippen LogP contribution in [0, 0.1) is 10.1 Å². The van der Waals surface area contributed by atoms with Crippen LogP contribution in [0.3, 0.4) is 0 Å². The lowest BCUT2D eigenvalue weighted by atomic mass is 10.1. The zero-order chi connectivity index (χ0) is 12.4. The molecular formula is C11H8N2O3S. The van der Waals surface area contributed by atoms with Gasteiger partial charge in [0.2, 0.25) is 0 Å². The number of nitrogens with two attached hydrogens (primary N) is 1. The van der Waals surface area contributed by atoms with Crippen LogP contribution in [-0.4, -0.2) is 9.91 Å². The second-order valence-corrected chi connectivity index (χ2v) is 3.78. The van der Waals surface area contributed by atoms with E-state index in [-0.39, 0.29) is 10.7 Å². The van der Waals surface area contributed by atoms with Crippen molar-refractivity contribution in [1.29, 1.82) is 0 Å². The summed E-state index contributed by atoms with van der Waals surface area (Å²) in [5, 5.41) is 10.6. The summed E-state index contributed by atoms with van der Waals surface area (Å²) in [6.07, 6.45) is 0. The van der Waals surface area contributed by atoms with Gasteiger partial charge in [-0.3, -0.25) is 10.1 Å². The number of benzene rings is 1. The Kier molecular flexibility index (Phi) is 2.88. The van der Waals surface area contributed by atoms with E-state index in [0.717, 1.165) is 0 Å². The summed E-state index contributed by atoms with van der Waals surface area (Å²) in [5.74, 6) is 0.887. The van der Waals surface area contributed by atoms with Gasteiger partial charge < -0.3 is 10.2 Å². The molecule has 0 unspecified atom stereocenters. The SMILES string of the molecule is NC(=S)c1ccc(-c2cccc([N+](=O)[O-])c2)o1. The lowest BCUT2D eigenvalue weighted by Crippen LogP contribution is -2.07. The Hall–Kier alpha value is -2.21. The van der Waals surface area contributed by atoms with Gasteiger partial charge >= 0.3 is 0 Å². The van der Waals surface area contributed by atoms with Crippen molar-refractivity contribution in [2.45, 2.75) is 0 Å². The number of furan rings is 1. The number of thiocarbonyl (C=S) groups is 1. The minimum atomic E-state index is -0.457. The molecule has 1 aromatic carbocycles. The van der Waals surface area contributed by atoms with E-state index < -0.39 is 4.92 Å². The van der Waals surface area contributed by atoms with Crippen molar-refractivity contribution in [3.05, 3.63) is 52.3 Å². The van der Waals surface area contributed by atoms with E-state index >= 15 is 0 Å². The monoisotopic (exact) mass is 248 g/mol. The predicted molar refractivity (Wildman–Crippen MR) is 66.7 cm³/mol. The highest BCUT2D eigenvalue weighted by atomic mass is 32.1. The van der Waals surface area contributed by atoms with E-state index in [1.165, 1.54) is 12.1 Å². The first kappa shape index (κ1) is 11.3. The smallest absolute Gasteiger partial charge is 0.270 e. The van der Waals surface area contributed by atoms with Gasteiger partial charge in [-0.25, -0.2) is 0 Å². The highest BCUT2D eigenvalue weighted by Gasteiger charge is 2.10. The molecule has 0 spiro atoms. The molecule has 0 saturated carbocycles. The summed E-state index contributed by atoms with van der Waals surface area (Å²) in [6, 6.07) is 9.47. The van der Waals surface area contributed by atoms with Crippen LogP contribution in [0.2, 0.25) is 0 Å². The molecule has 5 nitrogen and oxygen atoms in total. The van der Waals surface area contributed by atoms with Crippen molar-refractivity contribution in [2.75, 3.05) is 0 Å². The van der Waals surface area contributed by atoms with E-state index in [1.807, 2.05) is 0 Å². The zero-order valence-corrected chi connectivity index (χ0v) is 9.44. The maximum absolute atomic E-state index is 10.6. The topological polar surface area (TPSA) is 82.3 Å². The third-order valence-electron chi connectivity index (χ3n) is 2.19. The highest BCUT2D eigenvalue weighted by molar-refractivity contribution is 7.80. The Morgan fingerprint density at radius 1 is 1.35 bits per heavy atom. The van der Waals surface area contributed by atoms with E-state index in [1.54, 1.807) is 24.3 Å². The fourth-order valence-electron chi connectivity index (χ4n) is 1.40. The predicted octanol–water partition coefficient (Wildman–Crippen LogP) is 2.49. The van der Waals surface area contributed by atoms with E-state index in [9.17, 15) is 10.1 Å². The molecule has 17 heavy (non-hydrogen) atoms. The summed E-state index contributed by atoms with van der Waals surface area (Å²) in [6.45, 7) is 0. The van der Waals surface area contributed by atoms with Crippen molar-refractivity contribution in [3.63, 3.8) is 0 Å². The minimum absolute atomic E-state index is 0.00998. The first-order chi connectivity index (χ1) is 8.08. The molecule has 0 saturated heterocycles. The van der Waals surface area contributed by atoms with E-state index in [2.05, 4.69) is 0 Å². The Balaban J connectivity index is 2.42. The zero-order valence-electron chi connectivity index (χ0n) is 8.62. The number of rotatable bonds is 3. The van der Waals surface area contributed by atoms with Crippen molar-refractivity contribution in [3.8, 4) is 11.3 Å². The third-order valence-corrected chi connectivity index (χ3v) is 2.39. The number of nitro benzene ring substituents is 1. The minimum Gasteiger partial charge on any atom is -0.454 e. The van der Waals surface area contributed by atoms with Crippen molar-refractivity contribution in [2.24, 2.45) is 5.73 Å². The Morgan fingerprint density at radius 3 is 2.71 bits per heavy atom. The van der Waals surface area contributed by atoms with Crippen molar-refractivity contribution in [1.82, 2.24) is 0 Å². The van der Waals surface area contributed by atoms with Gasteiger partial charge in [-0.15, -0.1) is 0 Å². The standard InChI is InChI=1S/C11H8N2O3S/c12-11(17)10-5-4-9(16-10)7-2-1-3-8(6-7)13(14)15/h1-6H,(H2,12,17). The largest absolute Gasteiger partial charge is 0.454 e. The van der Waals surface area contributed by atoms with Gasteiger partial charge in [-0.2, -0.15) is 0 Å². The summed E-state index contributed by atoms with van der Waals surface area (Å²) >= 11 is 4.77. The quantitative estimate of drug-likeness (QED) is 0.512. The lowest BCUT2D eigenvalue weighted by Gasteiger charge is -1.97. The van der Waals surface area contributed by atoms with Crippen LogP contribution >= 0.6 is 12.2 Å². The molecule has 2 aromatic rings. The van der Waals surface area contributed by atoms with Crippen LogP contribution in [0.1, 0.15) is 5.76 Å². The van der Waals surface area contributed by atoms with Gasteiger partial charge in [0.1, 0.15) is 10.7 Å². The van der Waals surface area contributed by atoms with Gasteiger partial charge in [0.05, 0.1) is 4.92 Å². The Bertz CT molecular complexity index is 592. The number of non-ortho nitro benzene ring substituents is 1. The van der Waals surface area contributed by atoms with Crippen LogP contribution in [0.15, 0.2) is 40.8 Å². The van der Waals surface area contributed by atoms with Gasteiger partial charge in [0, 0.05) is 17.7 Å². The molecule has 0 aliphatic rings. The molecule has 0 bridgehead atoms. The fraction of sp³-hybridized carbons (Fsp3) is 0. The van der Waals surface area contributed by atoms with Crippen LogP contribution in [0.5, 0.6) is 0 Å². The highest BCUT2D eigenvalue weighted by Crippen LogP contribution is 2.25. The second kappa shape index (κ2) is 4.34. The molecule has 6 heteroatoms. The molecule has 0 fully saturated rings. The normalized spacial score (nSPS) is 10.1. The average molecular weight is 248 g/mol. The van der Waals surface area contributed by atoms with Crippen molar-refractivity contribution >= 4 is 22.9 Å². The third kappa shape index (κ3) is 2.31. The molecule has 2 N–H and O–H groups in total. The first-order valence-corrected chi connectivity index (χ1v) is 5.13. The maximum Gasteiger partial charge on any atom is 0.270 e. The molecule has 0 aliphatic carbocycles. The Morgan fingerprint density at radius 2 is 2.12 bits per heavy atom. The van der Waals surface area contributed by atoms with E-state index in [4.69, 9.17) is 22.4 Å². The van der Waals surface area contributed by atoms with Crippen LogP contribution in [0.4, 0.5) is 5.69 Å². The first-order valence-electron chi connectivity index (χ1n) is 4.72. The fourth-order valence-corrected chi connectivity index (χ4v) is 1.51. The number of nitro groups is 1. The molecule has 0 aliphatic heterocycles. The maximum atomic E-state index is 10.6. The Labute approximate surface area is 102 Å². The van der Waals surface area contributed by atoms with Crippen LogP contribution in [-0.2, 0) is 0 Å². The van der Waals surface area contributed by atoms with Crippen molar-refractivity contribution < 1.29 is 9.34 Å². The van der Waals surface area contributed by atoms with Gasteiger partial charge in [-0.1, -0.05) is 24.4 Å². The molecule has 2 rings (SSSR count). The molecule has 1 aromatic heterocycles. The number of hydrogen-bond acceptors (Lipinski definition) is 4. The molecule has 0 radical (unpaired) electrons. The van der Waals surface area contributed by atoms with E-state index in [0.29, 0.717) is 17.1 Å². The van der Waals surface area contributed by atoms with Gasteiger partial charge in [0.15, 0.2) is 5.76 Å². The van der Waals surface area contributed by atoms with Crippen LogP contribution in [0.25, 0.3) is 11.3 Å². The molecule has 0 atom stereocenters. The average Bonchev–Trinajstić information content (AvgIpc) is 2.78. The summed E-state index contributed by atoms with van der Waals surface area (Å²) < 4.78 is 5.38. The lowest BCUT2D eigenvalue weighted by molar-refractivity contribution is -0.384. The summed E-state index contributed by atoms with van der Waals surface area (Å²) in [5.41, 5.74) is 6.04. The molecule has 86 valence electrons. The molecule has 1 heterocycles.